The van der Waals surface area contributed by atoms with Crippen LogP contribution in [-0.2, 0) is 0 Å². The maximum absolute atomic E-state index is 3.54. The number of hydrogen-bond donors (Lipinski definition) is 2. The molecule has 4 rings (SSSR count). The Morgan fingerprint density at radius 1 is 0.636 bits per heavy atom. The molecule has 4 aliphatic rings. The van der Waals surface area contributed by atoms with Crippen LogP contribution in [0.1, 0.15) is 38.5 Å². The topological polar surface area (TPSA) is 30.5 Å². The van der Waals surface area contributed by atoms with Crippen molar-refractivity contribution in [3.8, 4) is 0 Å². The Morgan fingerprint density at radius 3 is 1.55 bits per heavy atom. The highest BCUT2D eigenvalue weighted by Gasteiger charge is 2.26. The lowest BCUT2D eigenvalue weighted by molar-refractivity contribution is 0.247. The third-order valence-corrected chi connectivity index (χ3v) is 6.26. The molecular weight excluding hydrogens is 272 g/mol. The Bertz CT molecular complexity index is 283. The first kappa shape index (κ1) is 16.7. The fourth-order valence-electron chi connectivity index (χ4n) is 4.78. The molecule has 0 spiro atoms. The Morgan fingerprint density at radius 2 is 1.09 bits per heavy atom. The van der Waals surface area contributed by atoms with Crippen LogP contribution in [-0.4, -0.2) is 75.2 Å². The van der Waals surface area contributed by atoms with Crippen molar-refractivity contribution in [1.29, 1.82) is 0 Å². The summed E-state index contributed by atoms with van der Waals surface area (Å²) >= 11 is 0. The van der Waals surface area contributed by atoms with Gasteiger partial charge in [-0.25, -0.2) is 0 Å². The summed E-state index contributed by atoms with van der Waals surface area (Å²) in [4.78, 5) is 5.08. The molecule has 4 aliphatic heterocycles. The van der Waals surface area contributed by atoms with Crippen LogP contribution in [0.25, 0.3) is 0 Å². The zero-order valence-electron chi connectivity index (χ0n) is 14.7. The van der Waals surface area contributed by atoms with Crippen LogP contribution in [0.5, 0.6) is 0 Å². The van der Waals surface area contributed by atoms with Crippen LogP contribution in [0.4, 0.5) is 0 Å². The Balaban J connectivity index is 0.000000131. The van der Waals surface area contributed by atoms with Crippen molar-refractivity contribution in [2.75, 3.05) is 53.4 Å². The molecule has 0 radical (unpaired) electrons. The van der Waals surface area contributed by atoms with Crippen LogP contribution < -0.4 is 10.6 Å². The molecule has 0 saturated carbocycles. The fourth-order valence-corrected chi connectivity index (χ4v) is 4.78. The molecule has 4 unspecified atom stereocenters. The van der Waals surface area contributed by atoms with Crippen molar-refractivity contribution in [2.24, 2.45) is 11.8 Å². The van der Waals surface area contributed by atoms with Gasteiger partial charge in [0.25, 0.3) is 0 Å². The van der Waals surface area contributed by atoms with Gasteiger partial charge in [-0.3, -0.25) is 0 Å². The summed E-state index contributed by atoms with van der Waals surface area (Å²) in [5.41, 5.74) is 0. The van der Waals surface area contributed by atoms with Gasteiger partial charge in [0.2, 0.25) is 0 Å². The summed E-state index contributed by atoms with van der Waals surface area (Å²) in [6.45, 7) is 7.57. The minimum absolute atomic E-state index is 0.822. The summed E-state index contributed by atoms with van der Waals surface area (Å²) < 4.78 is 0. The average Bonchev–Trinajstić information content (AvgIpc) is 2.86. The third kappa shape index (κ3) is 4.44. The van der Waals surface area contributed by atoms with E-state index in [2.05, 4.69) is 34.5 Å². The van der Waals surface area contributed by atoms with E-state index in [0.29, 0.717) is 0 Å². The van der Waals surface area contributed by atoms with Gasteiger partial charge in [-0.1, -0.05) is 12.8 Å². The molecule has 0 aliphatic carbocycles. The third-order valence-electron chi connectivity index (χ3n) is 6.26. The molecule has 2 N–H and O–H groups in total. The van der Waals surface area contributed by atoms with Gasteiger partial charge in [0.1, 0.15) is 0 Å². The summed E-state index contributed by atoms with van der Waals surface area (Å²) in [5.74, 6) is 1.85. The van der Waals surface area contributed by atoms with Crippen LogP contribution >= 0.6 is 0 Å². The van der Waals surface area contributed by atoms with Crippen molar-refractivity contribution < 1.29 is 0 Å². The number of hydrogen-bond acceptors (Lipinski definition) is 4. The Hall–Kier alpha value is -0.160. The van der Waals surface area contributed by atoms with E-state index < -0.39 is 0 Å². The number of likely N-dealkylation sites (N-methyl/N-ethyl adjacent to an activating group) is 2. The largest absolute Gasteiger partial charge is 0.315 e. The number of fused-ring (bicyclic) bond motifs is 6. The molecule has 4 heteroatoms. The van der Waals surface area contributed by atoms with Gasteiger partial charge >= 0.3 is 0 Å². The summed E-state index contributed by atoms with van der Waals surface area (Å²) in [6.07, 6.45) is 8.57. The predicted molar refractivity (Wildman–Crippen MR) is 93.3 cm³/mol. The molecule has 0 aromatic heterocycles. The van der Waals surface area contributed by atoms with E-state index in [9.17, 15) is 0 Å². The maximum Gasteiger partial charge on any atom is 0.0217 e. The molecule has 4 saturated heterocycles. The smallest absolute Gasteiger partial charge is 0.0217 e. The summed E-state index contributed by atoms with van der Waals surface area (Å²) in [7, 11) is 4.55. The Kier molecular flexibility index (Phi) is 6.14. The molecule has 0 amide bonds. The second-order valence-corrected chi connectivity index (χ2v) is 8.10. The van der Waals surface area contributed by atoms with Gasteiger partial charge in [-0.05, 0) is 64.7 Å². The van der Waals surface area contributed by atoms with Crippen molar-refractivity contribution >= 4 is 0 Å². The van der Waals surface area contributed by atoms with Crippen molar-refractivity contribution in [1.82, 2.24) is 20.4 Å². The highest BCUT2D eigenvalue weighted by Crippen LogP contribution is 2.22. The average molecular weight is 309 g/mol. The maximum atomic E-state index is 3.54. The highest BCUT2D eigenvalue weighted by molar-refractivity contribution is 4.84. The molecule has 128 valence electrons. The molecule has 4 heterocycles. The second kappa shape index (κ2) is 8.09. The standard InChI is InChI=1S/2C9H18N2/c2*1-11-7-8-3-2-4-9(11)6-10-5-8/h2*8-10H,2-7H2,1H3. The van der Waals surface area contributed by atoms with Crippen LogP contribution in [0.3, 0.4) is 0 Å². The quantitative estimate of drug-likeness (QED) is 0.708. The zero-order chi connectivity index (χ0) is 15.4. The molecule has 4 nitrogen and oxygen atoms in total. The molecule has 4 atom stereocenters. The SMILES string of the molecule is CN1CC2CCCC1CNC2.CN1CC2CCCC1CNC2. The van der Waals surface area contributed by atoms with Crippen LogP contribution in [0.15, 0.2) is 0 Å². The van der Waals surface area contributed by atoms with E-state index in [1.165, 1.54) is 77.8 Å². The van der Waals surface area contributed by atoms with Gasteiger partial charge < -0.3 is 20.4 Å². The minimum Gasteiger partial charge on any atom is -0.315 e. The fraction of sp³-hybridized carbons (Fsp3) is 1.00. The molecule has 0 aromatic rings. The summed E-state index contributed by atoms with van der Waals surface area (Å²) in [6, 6.07) is 1.64. The molecule has 4 bridgehead atoms. The number of rotatable bonds is 0. The molecule has 22 heavy (non-hydrogen) atoms. The molecule has 0 aromatic carbocycles. The van der Waals surface area contributed by atoms with Crippen LogP contribution in [0.2, 0.25) is 0 Å². The first-order valence-electron chi connectivity index (χ1n) is 9.54. The zero-order valence-corrected chi connectivity index (χ0v) is 14.7. The van der Waals surface area contributed by atoms with Crippen LogP contribution in [0, 0.1) is 11.8 Å². The number of nitrogens with one attached hydrogen (secondary N) is 2. The van der Waals surface area contributed by atoms with Gasteiger partial charge in [0.05, 0.1) is 0 Å². The lowest BCUT2D eigenvalue weighted by atomic mass is 10.0. The monoisotopic (exact) mass is 308 g/mol. The van der Waals surface area contributed by atoms with Crippen molar-refractivity contribution in [2.45, 2.75) is 50.6 Å². The normalized spacial score (nSPS) is 40.1. The lowest BCUT2D eigenvalue weighted by Gasteiger charge is -2.23. The predicted octanol–water partition coefficient (Wildman–Crippen LogP) is 1.38. The van der Waals surface area contributed by atoms with E-state index in [0.717, 1.165) is 23.9 Å². The highest BCUT2D eigenvalue weighted by atomic mass is 15.2. The van der Waals surface area contributed by atoms with Gasteiger partial charge in [0.15, 0.2) is 0 Å². The van der Waals surface area contributed by atoms with E-state index in [4.69, 9.17) is 0 Å². The first-order chi connectivity index (χ1) is 10.7. The second-order valence-electron chi connectivity index (χ2n) is 8.10. The summed E-state index contributed by atoms with van der Waals surface area (Å²) in [5, 5.41) is 7.08. The van der Waals surface area contributed by atoms with E-state index in [-0.39, 0.29) is 0 Å². The van der Waals surface area contributed by atoms with Gasteiger partial charge in [-0.15, -0.1) is 0 Å². The number of nitrogens with zero attached hydrogens (tertiary/aromatic N) is 2. The minimum atomic E-state index is 0.822. The molecular formula is C18H36N4. The van der Waals surface area contributed by atoms with Gasteiger partial charge in [0, 0.05) is 38.3 Å². The lowest BCUT2D eigenvalue weighted by Crippen LogP contribution is -2.36. The van der Waals surface area contributed by atoms with E-state index in [1.54, 1.807) is 0 Å². The first-order valence-corrected chi connectivity index (χ1v) is 9.54. The molecule has 4 fully saturated rings. The van der Waals surface area contributed by atoms with Crippen molar-refractivity contribution in [3.05, 3.63) is 0 Å². The van der Waals surface area contributed by atoms with Gasteiger partial charge in [-0.2, -0.15) is 0 Å². The van der Waals surface area contributed by atoms with E-state index in [1.807, 2.05) is 0 Å². The van der Waals surface area contributed by atoms with E-state index >= 15 is 0 Å². The van der Waals surface area contributed by atoms with Crippen molar-refractivity contribution in [3.63, 3.8) is 0 Å². The Labute approximate surface area is 137 Å².